The standard InChI is InChI=1S/C7H12O3.C2H6/c1-2-4-9-6-3-5-10-7(6)8;1-2/h6H,2-5H2,1H3;1-2H3. The molecule has 1 saturated heterocycles. The van der Waals surface area contributed by atoms with Crippen molar-refractivity contribution in [2.24, 2.45) is 0 Å². The van der Waals surface area contributed by atoms with Crippen LogP contribution in [0.5, 0.6) is 0 Å². The van der Waals surface area contributed by atoms with Gasteiger partial charge in [-0.1, -0.05) is 20.8 Å². The fourth-order valence-electron chi connectivity index (χ4n) is 0.889. The smallest absolute Gasteiger partial charge is 0.335 e. The Kier molecular flexibility index (Phi) is 6.76. The number of carbonyl (C=O) groups is 1. The van der Waals surface area contributed by atoms with Crippen LogP contribution in [-0.2, 0) is 14.3 Å². The fourth-order valence-corrected chi connectivity index (χ4v) is 0.889. The van der Waals surface area contributed by atoms with Gasteiger partial charge in [0.1, 0.15) is 0 Å². The van der Waals surface area contributed by atoms with E-state index in [0.717, 1.165) is 12.8 Å². The summed E-state index contributed by atoms with van der Waals surface area (Å²) >= 11 is 0. The second-order valence-electron chi connectivity index (χ2n) is 2.32. The van der Waals surface area contributed by atoms with Gasteiger partial charge in [-0.2, -0.15) is 0 Å². The molecule has 0 saturated carbocycles. The largest absolute Gasteiger partial charge is 0.464 e. The van der Waals surface area contributed by atoms with Crippen molar-refractivity contribution in [1.29, 1.82) is 0 Å². The molecule has 3 nitrogen and oxygen atoms in total. The Hall–Kier alpha value is -0.570. The van der Waals surface area contributed by atoms with Crippen LogP contribution in [0.4, 0.5) is 0 Å². The van der Waals surface area contributed by atoms with E-state index in [1.54, 1.807) is 0 Å². The Labute approximate surface area is 74.0 Å². The van der Waals surface area contributed by atoms with Gasteiger partial charge >= 0.3 is 5.97 Å². The highest BCUT2D eigenvalue weighted by Crippen LogP contribution is 2.09. The van der Waals surface area contributed by atoms with Crippen molar-refractivity contribution in [3.8, 4) is 0 Å². The third-order valence-corrected chi connectivity index (χ3v) is 1.41. The van der Waals surface area contributed by atoms with Crippen LogP contribution in [0.3, 0.4) is 0 Å². The molecule has 0 spiro atoms. The molecule has 3 heteroatoms. The van der Waals surface area contributed by atoms with Crippen molar-refractivity contribution < 1.29 is 14.3 Å². The lowest BCUT2D eigenvalue weighted by molar-refractivity contribution is -0.147. The molecule has 0 N–H and O–H groups in total. The number of rotatable bonds is 3. The van der Waals surface area contributed by atoms with E-state index in [9.17, 15) is 4.79 Å². The van der Waals surface area contributed by atoms with E-state index in [4.69, 9.17) is 9.47 Å². The van der Waals surface area contributed by atoms with Crippen LogP contribution in [0.15, 0.2) is 0 Å². The average Bonchev–Trinajstić information content (AvgIpc) is 2.51. The predicted molar refractivity (Wildman–Crippen MR) is 47.0 cm³/mol. The van der Waals surface area contributed by atoms with Crippen LogP contribution in [0.1, 0.15) is 33.6 Å². The van der Waals surface area contributed by atoms with E-state index >= 15 is 0 Å². The lowest BCUT2D eigenvalue weighted by Crippen LogP contribution is -2.18. The van der Waals surface area contributed by atoms with Crippen LogP contribution in [0.2, 0.25) is 0 Å². The average molecular weight is 174 g/mol. The Morgan fingerprint density at radius 3 is 2.67 bits per heavy atom. The number of carbonyl (C=O) groups excluding carboxylic acids is 1. The fraction of sp³-hybridized carbons (Fsp3) is 0.889. The summed E-state index contributed by atoms with van der Waals surface area (Å²) in [5.41, 5.74) is 0. The third kappa shape index (κ3) is 3.72. The van der Waals surface area contributed by atoms with Crippen LogP contribution in [0, 0.1) is 0 Å². The van der Waals surface area contributed by atoms with E-state index in [2.05, 4.69) is 0 Å². The molecule has 0 aliphatic carbocycles. The molecule has 0 radical (unpaired) electrons. The van der Waals surface area contributed by atoms with Crippen LogP contribution < -0.4 is 0 Å². The highest BCUT2D eigenvalue weighted by Gasteiger charge is 2.26. The Morgan fingerprint density at radius 1 is 1.58 bits per heavy atom. The van der Waals surface area contributed by atoms with Gasteiger partial charge in [0.05, 0.1) is 6.61 Å². The first kappa shape index (κ1) is 11.4. The Balaban J connectivity index is 0.000000561. The molecule has 12 heavy (non-hydrogen) atoms. The van der Waals surface area contributed by atoms with Crippen molar-refractivity contribution in [2.45, 2.75) is 39.7 Å². The van der Waals surface area contributed by atoms with E-state index < -0.39 is 0 Å². The maximum absolute atomic E-state index is 10.7. The molecule has 1 aliphatic rings. The lowest BCUT2D eigenvalue weighted by Gasteiger charge is -2.04. The number of cyclic esters (lactones) is 1. The van der Waals surface area contributed by atoms with E-state index in [1.807, 2.05) is 20.8 Å². The van der Waals surface area contributed by atoms with Crippen molar-refractivity contribution in [1.82, 2.24) is 0 Å². The van der Waals surface area contributed by atoms with Gasteiger partial charge in [0.25, 0.3) is 0 Å². The van der Waals surface area contributed by atoms with Gasteiger partial charge in [0.2, 0.25) is 0 Å². The van der Waals surface area contributed by atoms with Gasteiger partial charge < -0.3 is 9.47 Å². The molecule has 0 aromatic carbocycles. The SMILES string of the molecule is CC.CCCOC1CCOC1=O. The van der Waals surface area contributed by atoms with Crippen molar-refractivity contribution in [3.63, 3.8) is 0 Å². The maximum atomic E-state index is 10.7. The summed E-state index contributed by atoms with van der Waals surface area (Å²) in [7, 11) is 0. The van der Waals surface area contributed by atoms with Gasteiger partial charge in [-0.15, -0.1) is 0 Å². The summed E-state index contributed by atoms with van der Waals surface area (Å²) in [4.78, 5) is 10.7. The number of ether oxygens (including phenoxy) is 2. The molecule has 72 valence electrons. The third-order valence-electron chi connectivity index (χ3n) is 1.41. The molecule has 1 aliphatic heterocycles. The summed E-state index contributed by atoms with van der Waals surface area (Å²) in [6.07, 6.45) is 1.39. The van der Waals surface area contributed by atoms with Gasteiger partial charge in [0, 0.05) is 13.0 Å². The first-order valence-corrected chi connectivity index (χ1v) is 4.63. The molecule has 1 heterocycles. The van der Waals surface area contributed by atoms with E-state index in [0.29, 0.717) is 13.2 Å². The number of esters is 1. The van der Waals surface area contributed by atoms with Gasteiger partial charge in [-0.25, -0.2) is 4.79 Å². The molecule has 1 unspecified atom stereocenters. The number of hydrogen-bond acceptors (Lipinski definition) is 3. The summed E-state index contributed by atoms with van der Waals surface area (Å²) in [6, 6.07) is 0. The molecule has 0 bridgehead atoms. The Bertz CT molecular complexity index is 123. The summed E-state index contributed by atoms with van der Waals surface area (Å²) in [6.45, 7) is 7.19. The maximum Gasteiger partial charge on any atom is 0.335 e. The van der Waals surface area contributed by atoms with Gasteiger partial charge in [-0.05, 0) is 6.42 Å². The zero-order valence-corrected chi connectivity index (χ0v) is 8.13. The molecular weight excluding hydrogens is 156 g/mol. The summed E-state index contributed by atoms with van der Waals surface area (Å²) in [5.74, 6) is -0.201. The first-order valence-electron chi connectivity index (χ1n) is 4.63. The van der Waals surface area contributed by atoms with Gasteiger partial charge in [0.15, 0.2) is 6.10 Å². The minimum atomic E-state index is -0.278. The van der Waals surface area contributed by atoms with Crippen molar-refractivity contribution >= 4 is 5.97 Å². The number of hydrogen-bond donors (Lipinski definition) is 0. The molecule has 0 aromatic rings. The molecule has 0 aromatic heterocycles. The minimum absolute atomic E-state index is 0.201. The Morgan fingerprint density at radius 2 is 2.25 bits per heavy atom. The lowest BCUT2D eigenvalue weighted by atomic mass is 10.3. The summed E-state index contributed by atoms with van der Waals surface area (Å²) in [5, 5.41) is 0. The van der Waals surface area contributed by atoms with Crippen LogP contribution in [-0.4, -0.2) is 25.3 Å². The second-order valence-corrected chi connectivity index (χ2v) is 2.32. The van der Waals surface area contributed by atoms with Gasteiger partial charge in [-0.3, -0.25) is 0 Å². The molecule has 0 amide bonds. The molecule has 1 rings (SSSR count). The summed E-state index contributed by atoms with van der Waals surface area (Å²) < 4.78 is 9.89. The minimum Gasteiger partial charge on any atom is -0.464 e. The van der Waals surface area contributed by atoms with E-state index in [-0.39, 0.29) is 12.1 Å². The molecular formula is C9H18O3. The molecule has 1 atom stereocenters. The highest BCUT2D eigenvalue weighted by atomic mass is 16.6. The quantitative estimate of drug-likeness (QED) is 0.611. The topological polar surface area (TPSA) is 35.5 Å². The molecule has 1 fully saturated rings. The highest BCUT2D eigenvalue weighted by molar-refractivity contribution is 5.76. The predicted octanol–water partition coefficient (Wildman–Crippen LogP) is 1.75. The first-order chi connectivity index (χ1) is 5.84. The zero-order chi connectivity index (χ0) is 9.40. The van der Waals surface area contributed by atoms with Crippen LogP contribution in [0.25, 0.3) is 0 Å². The van der Waals surface area contributed by atoms with Crippen molar-refractivity contribution in [3.05, 3.63) is 0 Å². The normalized spacial score (nSPS) is 21.2. The van der Waals surface area contributed by atoms with Crippen molar-refractivity contribution in [2.75, 3.05) is 13.2 Å². The van der Waals surface area contributed by atoms with Crippen LogP contribution >= 0.6 is 0 Å². The zero-order valence-electron chi connectivity index (χ0n) is 8.13. The second kappa shape index (κ2) is 7.10. The van der Waals surface area contributed by atoms with E-state index in [1.165, 1.54) is 0 Å². The monoisotopic (exact) mass is 174 g/mol.